The van der Waals surface area contributed by atoms with Gasteiger partial charge in [-0.3, -0.25) is 0 Å². The number of furan rings is 1. The molecule has 162 valence electrons. The summed E-state index contributed by atoms with van der Waals surface area (Å²) in [6.45, 7) is 0.409. The quantitative estimate of drug-likeness (QED) is 0.269. The largest absolute Gasteiger partial charge is 0.497 e. The zero-order valence-electron chi connectivity index (χ0n) is 17.9. The SMILES string of the molecule is COc1ccc(-c2csc(-c3cc4cc(OCc5ccccc5CC#N)ccc4o3)n2)cc1. The molecule has 0 saturated carbocycles. The number of methoxy groups -OCH3 is 1. The van der Waals surface area contributed by atoms with Crippen LogP contribution < -0.4 is 9.47 Å². The van der Waals surface area contributed by atoms with E-state index in [-0.39, 0.29) is 0 Å². The Morgan fingerprint density at radius 2 is 1.76 bits per heavy atom. The molecule has 0 saturated heterocycles. The van der Waals surface area contributed by atoms with Crippen LogP contribution in [-0.4, -0.2) is 12.1 Å². The van der Waals surface area contributed by atoms with E-state index >= 15 is 0 Å². The van der Waals surface area contributed by atoms with Gasteiger partial charge < -0.3 is 13.9 Å². The van der Waals surface area contributed by atoms with Crippen LogP contribution in [0, 0.1) is 11.3 Å². The lowest BCUT2D eigenvalue weighted by Crippen LogP contribution is -1.99. The molecule has 0 aliphatic rings. The van der Waals surface area contributed by atoms with Crippen LogP contribution in [0.4, 0.5) is 0 Å². The summed E-state index contributed by atoms with van der Waals surface area (Å²) in [6, 6.07) is 25.7. The summed E-state index contributed by atoms with van der Waals surface area (Å²) in [5, 5.41) is 12.8. The van der Waals surface area contributed by atoms with E-state index in [4.69, 9.17) is 24.1 Å². The highest BCUT2D eigenvalue weighted by Gasteiger charge is 2.13. The van der Waals surface area contributed by atoms with Crippen molar-refractivity contribution in [3.05, 3.63) is 89.3 Å². The first-order valence-corrected chi connectivity index (χ1v) is 11.3. The zero-order chi connectivity index (χ0) is 22.6. The molecule has 0 bridgehead atoms. The molecular formula is C27H20N2O3S. The second-order valence-corrected chi connectivity index (χ2v) is 8.33. The Labute approximate surface area is 195 Å². The monoisotopic (exact) mass is 452 g/mol. The van der Waals surface area contributed by atoms with Gasteiger partial charge in [-0.25, -0.2) is 4.98 Å². The highest BCUT2D eigenvalue weighted by atomic mass is 32.1. The normalized spacial score (nSPS) is 10.8. The van der Waals surface area contributed by atoms with Crippen LogP contribution in [0.15, 0.2) is 82.6 Å². The number of rotatable bonds is 7. The zero-order valence-corrected chi connectivity index (χ0v) is 18.8. The summed E-state index contributed by atoms with van der Waals surface area (Å²) in [4.78, 5) is 4.75. The maximum atomic E-state index is 9.02. The fourth-order valence-corrected chi connectivity index (χ4v) is 4.39. The third-order valence-electron chi connectivity index (χ3n) is 5.37. The predicted molar refractivity (Wildman–Crippen MR) is 129 cm³/mol. The molecule has 2 heterocycles. The summed E-state index contributed by atoms with van der Waals surface area (Å²) in [5.74, 6) is 2.30. The van der Waals surface area contributed by atoms with Crippen molar-refractivity contribution in [2.24, 2.45) is 0 Å². The van der Waals surface area contributed by atoms with Gasteiger partial charge in [0.2, 0.25) is 0 Å². The molecule has 33 heavy (non-hydrogen) atoms. The number of ether oxygens (including phenoxy) is 2. The van der Waals surface area contributed by atoms with Gasteiger partial charge in [0.1, 0.15) is 23.7 Å². The molecule has 0 radical (unpaired) electrons. The van der Waals surface area contributed by atoms with Crippen molar-refractivity contribution in [3.8, 4) is 39.6 Å². The van der Waals surface area contributed by atoms with E-state index in [9.17, 15) is 0 Å². The Kier molecular flexibility index (Phi) is 5.79. The highest BCUT2D eigenvalue weighted by Crippen LogP contribution is 2.34. The molecule has 0 atom stereocenters. The minimum absolute atomic E-state index is 0.371. The van der Waals surface area contributed by atoms with Crippen LogP contribution in [0.3, 0.4) is 0 Å². The molecule has 6 heteroatoms. The van der Waals surface area contributed by atoms with E-state index in [0.717, 1.165) is 55.6 Å². The molecule has 0 unspecified atom stereocenters. The lowest BCUT2D eigenvalue weighted by atomic mass is 10.1. The lowest BCUT2D eigenvalue weighted by Gasteiger charge is -2.09. The van der Waals surface area contributed by atoms with Gasteiger partial charge in [0.15, 0.2) is 10.8 Å². The average Bonchev–Trinajstić information content (AvgIpc) is 3.51. The third-order valence-corrected chi connectivity index (χ3v) is 6.23. The molecule has 0 amide bonds. The van der Waals surface area contributed by atoms with Crippen LogP contribution >= 0.6 is 11.3 Å². The standard InChI is InChI=1S/C27H20N2O3S/c1-30-22-8-6-19(7-9-22)24-17-33-27(29-24)26-15-21-14-23(10-11-25(21)32-26)31-16-20-5-3-2-4-18(20)12-13-28/h2-11,14-15,17H,12,16H2,1H3. The Balaban J connectivity index is 1.35. The van der Waals surface area contributed by atoms with Crippen molar-refractivity contribution in [2.75, 3.05) is 7.11 Å². The number of hydrogen-bond donors (Lipinski definition) is 0. The van der Waals surface area contributed by atoms with Gasteiger partial charge >= 0.3 is 0 Å². The number of nitriles is 1. The van der Waals surface area contributed by atoms with Crippen molar-refractivity contribution in [2.45, 2.75) is 13.0 Å². The Bertz CT molecular complexity index is 1440. The Morgan fingerprint density at radius 1 is 0.970 bits per heavy atom. The molecule has 2 aromatic heterocycles. The van der Waals surface area contributed by atoms with Crippen molar-refractivity contribution in [1.29, 1.82) is 5.26 Å². The van der Waals surface area contributed by atoms with Gasteiger partial charge in [0.05, 0.1) is 25.3 Å². The van der Waals surface area contributed by atoms with Crippen molar-refractivity contribution < 1.29 is 13.9 Å². The number of nitrogens with zero attached hydrogens (tertiary/aromatic N) is 2. The average molecular weight is 453 g/mol. The molecule has 3 aromatic carbocycles. The van der Waals surface area contributed by atoms with Crippen LogP contribution in [0.1, 0.15) is 11.1 Å². The highest BCUT2D eigenvalue weighted by molar-refractivity contribution is 7.13. The predicted octanol–water partition coefficient (Wildman–Crippen LogP) is 6.88. The van der Waals surface area contributed by atoms with Gasteiger partial charge in [0, 0.05) is 16.3 Å². The Hall–Kier alpha value is -4.08. The van der Waals surface area contributed by atoms with E-state index in [1.54, 1.807) is 18.4 Å². The number of thiazole rings is 1. The minimum atomic E-state index is 0.371. The maximum absolute atomic E-state index is 9.02. The second kappa shape index (κ2) is 9.19. The summed E-state index contributed by atoms with van der Waals surface area (Å²) < 4.78 is 17.3. The topological polar surface area (TPSA) is 68.3 Å². The van der Waals surface area contributed by atoms with Crippen LogP contribution in [0.25, 0.3) is 33.0 Å². The Morgan fingerprint density at radius 3 is 2.55 bits per heavy atom. The molecule has 0 aliphatic heterocycles. The molecule has 0 aliphatic carbocycles. The van der Waals surface area contributed by atoms with Crippen molar-refractivity contribution in [3.63, 3.8) is 0 Å². The maximum Gasteiger partial charge on any atom is 0.164 e. The van der Waals surface area contributed by atoms with Gasteiger partial charge in [-0.15, -0.1) is 11.3 Å². The molecule has 5 rings (SSSR count). The summed E-state index contributed by atoms with van der Waals surface area (Å²) in [6.07, 6.45) is 0.371. The van der Waals surface area contributed by atoms with E-state index < -0.39 is 0 Å². The van der Waals surface area contributed by atoms with Crippen LogP contribution in [-0.2, 0) is 13.0 Å². The third kappa shape index (κ3) is 4.45. The number of fused-ring (bicyclic) bond motifs is 1. The summed E-state index contributed by atoms with van der Waals surface area (Å²) >= 11 is 1.55. The number of aromatic nitrogens is 1. The smallest absolute Gasteiger partial charge is 0.164 e. The number of hydrogen-bond acceptors (Lipinski definition) is 6. The van der Waals surface area contributed by atoms with Gasteiger partial charge in [-0.1, -0.05) is 24.3 Å². The minimum Gasteiger partial charge on any atom is -0.497 e. The second-order valence-electron chi connectivity index (χ2n) is 7.47. The van der Waals surface area contributed by atoms with E-state index in [1.165, 1.54) is 0 Å². The van der Waals surface area contributed by atoms with E-state index in [2.05, 4.69) is 6.07 Å². The first-order chi connectivity index (χ1) is 16.2. The van der Waals surface area contributed by atoms with E-state index in [0.29, 0.717) is 13.0 Å². The fraction of sp³-hybridized carbons (Fsp3) is 0.111. The summed E-state index contributed by atoms with van der Waals surface area (Å²) in [7, 11) is 1.65. The fourth-order valence-electron chi connectivity index (χ4n) is 3.61. The first-order valence-electron chi connectivity index (χ1n) is 10.4. The first kappa shape index (κ1) is 20.8. The molecule has 0 spiro atoms. The molecular weight excluding hydrogens is 432 g/mol. The van der Waals surface area contributed by atoms with Gasteiger partial charge in [-0.2, -0.15) is 5.26 Å². The lowest BCUT2D eigenvalue weighted by molar-refractivity contribution is 0.305. The van der Waals surface area contributed by atoms with Gasteiger partial charge in [0.25, 0.3) is 0 Å². The number of benzene rings is 3. The van der Waals surface area contributed by atoms with Crippen molar-refractivity contribution >= 4 is 22.3 Å². The molecule has 5 nitrogen and oxygen atoms in total. The van der Waals surface area contributed by atoms with E-state index in [1.807, 2.05) is 78.2 Å². The van der Waals surface area contributed by atoms with Gasteiger partial charge in [-0.05, 0) is 59.7 Å². The van der Waals surface area contributed by atoms with Crippen LogP contribution in [0.5, 0.6) is 11.5 Å². The molecule has 0 N–H and O–H groups in total. The molecule has 5 aromatic rings. The van der Waals surface area contributed by atoms with Crippen LogP contribution in [0.2, 0.25) is 0 Å². The summed E-state index contributed by atoms with van der Waals surface area (Å²) in [5.41, 5.74) is 4.72. The molecule has 0 fully saturated rings. The van der Waals surface area contributed by atoms with Crippen molar-refractivity contribution in [1.82, 2.24) is 4.98 Å².